The molecule has 0 amide bonds. The molecule has 0 aromatic carbocycles. The van der Waals surface area contributed by atoms with Crippen LogP contribution in [0.5, 0.6) is 0 Å². The van der Waals surface area contributed by atoms with Crippen LogP contribution in [0.2, 0.25) is 0 Å². The van der Waals surface area contributed by atoms with Crippen LogP contribution in [0, 0.1) is 5.41 Å². The van der Waals surface area contributed by atoms with E-state index in [4.69, 9.17) is 0 Å². The first-order chi connectivity index (χ1) is 9.56. The fourth-order valence-corrected chi connectivity index (χ4v) is 3.52. The molecule has 1 aliphatic heterocycles. The Morgan fingerprint density at radius 2 is 1.95 bits per heavy atom. The minimum Gasteiger partial charge on any atom is -0.316 e. The molecule has 1 heterocycles. The fraction of sp³-hybridized carbons (Fsp3) is 1.00. The Bertz CT molecular complexity index is 251. The maximum absolute atomic E-state index is 3.65. The molecule has 0 aromatic rings. The van der Waals surface area contributed by atoms with Gasteiger partial charge in [-0.3, -0.25) is 0 Å². The third-order valence-electron chi connectivity index (χ3n) is 5.23. The molecule has 3 nitrogen and oxygen atoms in total. The van der Waals surface area contributed by atoms with E-state index in [1.54, 1.807) is 0 Å². The van der Waals surface area contributed by atoms with Crippen LogP contribution in [0.1, 0.15) is 52.9 Å². The zero-order valence-electron chi connectivity index (χ0n) is 14.5. The lowest BCUT2D eigenvalue weighted by molar-refractivity contribution is 0.131. The average molecular weight is 284 g/mol. The van der Waals surface area contributed by atoms with Gasteiger partial charge in [-0.05, 0) is 64.7 Å². The van der Waals surface area contributed by atoms with Crippen molar-refractivity contribution in [2.24, 2.45) is 5.41 Å². The summed E-state index contributed by atoms with van der Waals surface area (Å²) in [5, 5.41) is 3.65. The molecule has 3 heteroatoms. The maximum atomic E-state index is 3.65. The Hall–Kier alpha value is -0.120. The van der Waals surface area contributed by atoms with Gasteiger partial charge >= 0.3 is 0 Å². The van der Waals surface area contributed by atoms with E-state index in [0.29, 0.717) is 5.41 Å². The Morgan fingerprint density at radius 1 is 1.25 bits per heavy atom. The van der Waals surface area contributed by atoms with Crippen molar-refractivity contribution in [1.82, 2.24) is 15.1 Å². The van der Waals surface area contributed by atoms with Crippen LogP contribution in [0.4, 0.5) is 0 Å². The van der Waals surface area contributed by atoms with Gasteiger partial charge in [0.25, 0.3) is 0 Å². The van der Waals surface area contributed by atoms with Gasteiger partial charge in [0.2, 0.25) is 0 Å². The molecule has 0 aliphatic carbocycles. The molecule has 0 bridgehead atoms. The summed E-state index contributed by atoms with van der Waals surface area (Å²) in [5.74, 6) is 0. The van der Waals surface area contributed by atoms with Crippen LogP contribution in [-0.2, 0) is 0 Å². The van der Waals surface area contributed by atoms with Gasteiger partial charge in [-0.1, -0.05) is 20.8 Å². The number of hydrogen-bond donors (Lipinski definition) is 1. The second-order valence-corrected chi connectivity index (χ2v) is 6.86. The van der Waals surface area contributed by atoms with Crippen molar-refractivity contribution in [2.75, 3.05) is 46.8 Å². The number of likely N-dealkylation sites (N-methyl/N-ethyl adjacent to an activating group) is 2. The maximum Gasteiger partial charge on any atom is 0.0220 e. The van der Waals surface area contributed by atoms with Gasteiger partial charge < -0.3 is 15.1 Å². The van der Waals surface area contributed by atoms with Crippen molar-refractivity contribution in [1.29, 1.82) is 0 Å². The first-order valence-electron chi connectivity index (χ1n) is 8.66. The lowest BCUT2D eigenvalue weighted by Gasteiger charge is -2.37. The van der Waals surface area contributed by atoms with Crippen molar-refractivity contribution >= 4 is 0 Å². The van der Waals surface area contributed by atoms with E-state index in [1.165, 1.54) is 58.3 Å². The summed E-state index contributed by atoms with van der Waals surface area (Å²) in [6.07, 6.45) is 6.52. The van der Waals surface area contributed by atoms with E-state index >= 15 is 0 Å². The highest BCUT2D eigenvalue weighted by molar-refractivity contribution is 4.85. The van der Waals surface area contributed by atoms with Gasteiger partial charge in [-0.15, -0.1) is 0 Å². The third kappa shape index (κ3) is 5.34. The van der Waals surface area contributed by atoms with Crippen molar-refractivity contribution in [3.8, 4) is 0 Å². The van der Waals surface area contributed by atoms with Crippen LogP contribution in [0.25, 0.3) is 0 Å². The predicted molar refractivity (Wildman–Crippen MR) is 89.3 cm³/mol. The minimum atomic E-state index is 0.446. The van der Waals surface area contributed by atoms with E-state index in [9.17, 15) is 0 Å². The number of nitrogens with zero attached hydrogens (tertiary/aromatic N) is 2. The normalized spacial score (nSPS) is 21.0. The highest BCUT2D eigenvalue weighted by atomic mass is 15.2. The zero-order chi connectivity index (χ0) is 15.0. The van der Waals surface area contributed by atoms with E-state index in [-0.39, 0.29) is 0 Å². The lowest BCUT2D eigenvalue weighted by atomic mass is 9.81. The molecule has 20 heavy (non-hydrogen) atoms. The van der Waals surface area contributed by atoms with Crippen LogP contribution in [-0.4, -0.2) is 62.7 Å². The van der Waals surface area contributed by atoms with E-state index in [1.807, 2.05) is 0 Å². The second kappa shape index (κ2) is 9.01. The molecule has 1 rings (SSSR count). The summed E-state index contributed by atoms with van der Waals surface area (Å²) in [6.45, 7) is 13.0. The SMILES string of the molecule is CCCNCC(CC)(CC)CN(C)CC1CCCN1C. The van der Waals surface area contributed by atoms with Crippen molar-refractivity contribution in [3.63, 3.8) is 0 Å². The van der Waals surface area contributed by atoms with E-state index in [0.717, 1.165) is 12.6 Å². The molecular weight excluding hydrogens is 246 g/mol. The Kier molecular flexibility index (Phi) is 8.08. The summed E-state index contributed by atoms with van der Waals surface area (Å²) in [6, 6.07) is 0.773. The van der Waals surface area contributed by atoms with Crippen molar-refractivity contribution < 1.29 is 0 Å². The summed E-state index contributed by atoms with van der Waals surface area (Å²) in [4.78, 5) is 5.11. The average Bonchev–Trinajstić information content (AvgIpc) is 2.83. The number of rotatable bonds is 10. The second-order valence-electron chi connectivity index (χ2n) is 6.86. The van der Waals surface area contributed by atoms with Crippen LogP contribution in [0.15, 0.2) is 0 Å². The summed E-state index contributed by atoms with van der Waals surface area (Å²) < 4.78 is 0. The topological polar surface area (TPSA) is 18.5 Å². The molecule has 1 saturated heterocycles. The first-order valence-corrected chi connectivity index (χ1v) is 8.66. The predicted octanol–water partition coefficient (Wildman–Crippen LogP) is 2.82. The minimum absolute atomic E-state index is 0.446. The molecule has 1 unspecified atom stereocenters. The summed E-state index contributed by atoms with van der Waals surface area (Å²) >= 11 is 0. The van der Waals surface area contributed by atoms with Crippen LogP contribution < -0.4 is 5.32 Å². The molecule has 120 valence electrons. The monoisotopic (exact) mass is 283 g/mol. The van der Waals surface area contributed by atoms with Gasteiger partial charge in [0.05, 0.1) is 0 Å². The number of hydrogen-bond acceptors (Lipinski definition) is 3. The van der Waals surface area contributed by atoms with Crippen molar-refractivity contribution in [2.45, 2.75) is 58.9 Å². The zero-order valence-corrected chi connectivity index (χ0v) is 14.5. The smallest absolute Gasteiger partial charge is 0.0220 e. The van der Waals surface area contributed by atoms with Crippen LogP contribution >= 0.6 is 0 Å². The molecule has 1 atom stereocenters. The standard InChI is InChI=1S/C17H37N3/c1-6-11-18-14-17(7-2,8-3)15-19(4)13-16-10-9-12-20(16)5/h16,18H,6-15H2,1-5H3. The first kappa shape index (κ1) is 17.9. The quantitative estimate of drug-likeness (QED) is 0.622. The van der Waals surface area contributed by atoms with E-state index < -0.39 is 0 Å². The largest absolute Gasteiger partial charge is 0.316 e. The number of nitrogens with one attached hydrogen (secondary N) is 1. The fourth-order valence-electron chi connectivity index (χ4n) is 3.52. The summed E-state index contributed by atoms with van der Waals surface area (Å²) in [7, 11) is 4.59. The van der Waals surface area contributed by atoms with Gasteiger partial charge in [0.1, 0.15) is 0 Å². The molecule has 0 aromatic heterocycles. The van der Waals surface area contributed by atoms with Gasteiger partial charge in [0, 0.05) is 25.7 Å². The molecule has 1 N–H and O–H groups in total. The highest BCUT2D eigenvalue weighted by Gasteiger charge is 2.29. The molecular formula is C17H37N3. The molecule has 0 saturated carbocycles. The number of likely N-dealkylation sites (tertiary alicyclic amines) is 1. The Morgan fingerprint density at radius 3 is 2.45 bits per heavy atom. The third-order valence-corrected chi connectivity index (χ3v) is 5.23. The molecule has 1 fully saturated rings. The molecule has 0 radical (unpaired) electrons. The van der Waals surface area contributed by atoms with Crippen molar-refractivity contribution in [3.05, 3.63) is 0 Å². The lowest BCUT2D eigenvalue weighted by Crippen LogP contribution is -2.46. The Balaban J connectivity index is 2.46. The van der Waals surface area contributed by atoms with E-state index in [2.05, 4.69) is 50.0 Å². The Labute approximate surface area is 127 Å². The molecule has 1 aliphatic rings. The summed E-state index contributed by atoms with van der Waals surface area (Å²) in [5.41, 5.74) is 0.446. The van der Waals surface area contributed by atoms with Gasteiger partial charge in [-0.25, -0.2) is 0 Å². The highest BCUT2D eigenvalue weighted by Crippen LogP contribution is 2.27. The molecule has 0 spiro atoms. The van der Waals surface area contributed by atoms with Crippen LogP contribution in [0.3, 0.4) is 0 Å². The van der Waals surface area contributed by atoms with Gasteiger partial charge in [0.15, 0.2) is 0 Å². The van der Waals surface area contributed by atoms with Gasteiger partial charge in [-0.2, -0.15) is 0 Å².